The SMILES string of the molecule is Fc1ccc(-c2cn3c(-c4ccccn4)c(-c4ccccn4)nnc3n2)cc1. The molecule has 1 aromatic carbocycles. The molecule has 7 heteroatoms. The number of imidazole rings is 1. The summed E-state index contributed by atoms with van der Waals surface area (Å²) in [7, 11) is 0. The predicted molar refractivity (Wildman–Crippen MR) is 103 cm³/mol. The van der Waals surface area contributed by atoms with Gasteiger partial charge in [0.15, 0.2) is 0 Å². The Morgan fingerprint density at radius 1 is 0.714 bits per heavy atom. The van der Waals surface area contributed by atoms with Crippen LogP contribution in [0.1, 0.15) is 0 Å². The minimum absolute atomic E-state index is 0.293. The third kappa shape index (κ3) is 2.79. The average Bonchev–Trinajstić information content (AvgIpc) is 3.19. The first-order valence-electron chi connectivity index (χ1n) is 8.64. The van der Waals surface area contributed by atoms with Gasteiger partial charge in [-0.3, -0.25) is 14.4 Å². The van der Waals surface area contributed by atoms with Gasteiger partial charge in [-0.2, -0.15) is 0 Å². The zero-order chi connectivity index (χ0) is 18.9. The van der Waals surface area contributed by atoms with Crippen molar-refractivity contribution >= 4 is 5.78 Å². The normalized spacial score (nSPS) is 11.0. The first-order chi connectivity index (χ1) is 13.8. The number of halogens is 1. The van der Waals surface area contributed by atoms with E-state index in [2.05, 4.69) is 25.1 Å². The molecule has 0 fully saturated rings. The highest BCUT2D eigenvalue weighted by Crippen LogP contribution is 2.29. The van der Waals surface area contributed by atoms with Crippen LogP contribution in [0.4, 0.5) is 4.39 Å². The molecule has 0 N–H and O–H groups in total. The van der Waals surface area contributed by atoms with E-state index in [1.165, 1.54) is 12.1 Å². The van der Waals surface area contributed by atoms with Gasteiger partial charge in [-0.25, -0.2) is 9.37 Å². The first kappa shape index (κ1) is 16.2. The van der Waals surface area contributed by atoms with E-state index in [0.29, 0.717) is 22.9 Å². The van der Waals surface area contributed by atoms with Crippen molar-refractivity contribution in [2.45, 2.75) is 0 Å². The number of rotatable bonds is 3. The summed E-state index contributed by atoms with van der Waals surface area (Å²) in [5.41, 5.74) is 4.23. The molecule has 28 heavy (non-hydrogen) atoms. The van der Waals surface area contributed by atoms with Crippen LogP contribution in [0.5, 0.6) is 0 Å². The number of fused-ring (bicyclic) bond motifs is 1. The van der Waals surface area contributed by atoms with Crippen molar-refractivity contribution in [1.82, 2.24) is 29.5 Å². The van der Waals surface area contributed by atoms with Crippen LogP contribution in [0.3, 0.4) is 0 Å². The zero-order valence-electron chi connectivity index (χ0n) is 14.6. The Hall–Kier alpha value is -4.00. The second-order valence-electron chi connectivity index (χ2n) is 6.13. The lowest BCUT2D eigenvalue weighted by Gasteiger charge is -2.09. The Labute approximate surface area is 159 Å². The van der Waals surface area contributed by atoms with Gasteiger partial charge in [0.2, 0.25) is 0 Å². The third-order valence-corrected chi connectivity index (χ3v) is 4.35. The quantitative estimate of drug-likeness (QED) is 0.480. The minimum atomic E-state index is -0.293. The second-order valence-corrected chi connectivity index (χ2v) is 6.13. The van der Waals surface area contributed by atoms with Crippen LogP contribution in [0.15, 0.2) is 79.3 Å². The summed E-state index contributed by atoms with van der Waals surface area (Å²) in [6.45, 7) is 0. The van der Waals surface area contributed by atoms with Crippen LogP contribution in [0, 0.1) is 5.82 Å². The Bertz CT molecular complexity index is 1250. The monoisotopic (exact) mass is 368 g/mol. The van der Waals surface area contributed by atoms with Gasteiger partial charge in [0.1, 0.15) is 17.2 Å². The fourth-order valence-electron chi connectivity index (χ4n) is 3.04. The summed E-state index contributed by atoms with van der Waals surface area (Å²) in [6, 6.07) is 17.5. The van der Waals surface area contributed by atoms with Gasteiger partial charge < -0.3 is 0 Å². The molecule has 4 heterocycles. The molecule has 0 aliphatic rings. The number of hydrogen-bond donors (Lipinski definition) is 0. The maximum atomic E-state index is 13.3. The lowest BCUT2D eigenvalue weighted by Crippen LogP contribution is -2.03. The van der Waals surface area contributed by atoms with E-state index in [1.54, 1.807) is 24.5 Å². The van der Waals surface area contributed by atoms with E-state index < -0.39 is 0 Å². The van der Waals surface area contributed by atoms with Gasteiger partial charge in [-0.05, 0) is 48.5 Å². The van der Waals surface area contributed by atoms with E-state index in [0.717, 1.165) is 17.0 Å². The van der Waals surface area contributed by atoms with Crippen molar-refractivity contribution in [3.63, 3.8) is 0 Å². The Kier molecular flexibility index (Phi) is 3.83. The molecule has 0 saturated heterocycles. The highest BCUT2D eigenvalue weighted by atomic mass is 19.1. The summed E-state index contributed by atoms with van der Waals surface area (Å²) < 4.78 is 15.1. The highest BCUT2D eigenvalue weighted by Gasteiger charge is 2.18. The van der Waals surface area contributed by atoms with Gasteiger partial charge in [0.05, 0.1) is 17.1 Å². The smallest absolute Gasteiger partial charge is 0.254 e. The predicted octanol–water partition coefficient (Wildman–Crippen LogP) is 4.05. The molecule has 0 unspecified atom stereocenters. The lowest BCUT2D eigenvalue weighted by atomic mass is 10.1. The fraction of sp³-hybridized carbons (Fsp3) is 0. The summed E-state index contributed by atoms with van der Waals surface area (Å²) >= 11 is 0. The molecule has 0 spiro atoms. The van der Waals surface area contributed by atoms with Gasteiger partial charge in [0, 0.05) is 24.2 Å². The van der Waals surface area contributed by atoms with Crippen LogP contribution in [-0.2, 0) is 0 Å². The van der Waals surface area contributed by atoms with Crippen molar-refractivity contribution in [3.05, 3.63) is 85.1 Å². The van der Waals surface area contributed by atoms with E-state index >= 15 is 0 Å². The van der Waals surface area contributed by atoms with Crippen LogP contribution < -0.4 is 0 Å². The Balaban J connectivity index is 1.78. The largest absolute Gasteiger partial charge is 0.278 e. The van der Waals surface area contributed by atoms with Gasteiger partial charge in [0.25, 0.3) is 5.78 Å². The van der Waals surface area contributed by atoms with Crippen LogP contribution in [0.25, 0.3) is 39.8 Å². The number of benzene rings is 1. The van der Waals surface area contributed by atoms with Gasteiger partial charge >= 0.3 is 0 Å². The lowest BCUT2D eigenvalue weighted by molar-refractivity contribution is 0.628. The molecule has 4 aromatic heterocycles. The summed E-state index contributed by atoms with van der Waals surface area (Å²) in [5, 5.41) is 8.65. The van der Waals surface area contributed by atoms with Crippen molar-refractivity contribution in [2.24, 2.45) is 0 Å². The van der Waals surface area contributed by atoms with Crippen molar-refractivity contribution in [2.75, 3.05) is 0 Å². The molecule has 0 aliphatic carbocycles. The number of pyridine rings is 2. The summed E-state index contributed by atoms with van der Waals surface area (Å²) in [5.74, 6) is 0.138. The first-order valence-corrected chi connectivity index (χ1v) is 8.64. The molecule has 134 valence electrons. The molecule has 0 bridgehead atoms. The molecule has 0 aliphatic heterocycles. The maximum absolute atomic E-state index is 13.3. The maximum Gasteiger partial charge on any atom is 0.254 e. The van der Waals surface area contributed by atoms with Crippen molar-refractivity contribution in [3.8, 4) is 34.0 Å². The zero-order valence-corrected chi connectivity index (χ0v) is 14.6. The van der Waals surface area contributed by atoms with E-state index in [-0.39, 0.29) is 5.82 Å². The summed E-state index contributed by atoms with van der Waals surface area (Å²) in [6.07, 6.45) is 5.29. The number of hydrogen-bond acceptors (Lipinski definition) is 5. The van der Waals surface area contributed by atoms with Crippen LogP contribution in [-0.4, -0.2) is 29.5 Å². The van der Waals surface area contributed by atoms with Gasteiger partial charge in [-0.15, -0.1) is 10.2 Å². The second kappa shape index (κ2) is 6.62. The number of aromatic nitrogens is 6. The molecule has 0 radical (unpaired) electrons. The molecule has 5 rings (SSSR count). The van der Waals surface area contributed by atoms with E-state index in [9.17, 15) is 4.39 Å². The molecule has 0 amide bonds. The Morgan fingerprint density at radius 3 is 2.11 bits per heavy atom. The molecule has 5 aromatic rings. The molecule has 0 saturated carbocycles. The number of nitrogens with zero attached hydrogens (tertiary/aromatic N) is 6. The molecular formula is C21H13FN6. The van der Waals surface area contributed by atoms with Crippen molar-refractivity contribution in [1.29, 1.82) is 0 Å². The molecule has 0 atom stereocenters. The standard InChI is InChI=1S/C21H13FN6/c22-15-9-7-14(8-10-15)18-13-28-20(17-6-2-4-12-24-17)19(26-27-21(28)25-18)16-5-1-3-11-23-16/h1-13H. The fourth-order valence-corrected chi connectivity index (χ4v) is 3.04. The Morgan fingerprint density at radius 2 is 1.43 bits per heavy atom. The molecule has 6 nitrogen and oxygen atoms in total. The average molecular weight is 368 g/mol. The third-order valence-electron chi connectivity index (χ3n) is 4.35. The van der Waals surface area contributed by atoms with Crippen LogP contribution in [0.2, 0.25) is 0 Å². The molecular weight excluding hydrogens is 355 g/mol. The van der Waals surface area contributed by atoms with Crippen molar-refractivity contribution < 1.29 is 4.39 Å². The highest BCUT2D eigenvalue weighted by molar-refractivity contribution is 5.76. The van der Waals surface area contributed by atoms with Crippen LogP contribution >= 0.6 is 0 Å². The van der Waals surface area contributed by atoms with Gasteiger partial charge in [-0.1, -0.05) is 12.1 Å². The minimum Gasteiger partial charge on any atom is -0.278 e. The topological polar surface area (TPSA) is 68.9 Å². The van der Waals surface area contributed by atoms with E-state index in [4.69, 9.17) is 0 Å². The summed E-state index contributed by atoms with van der Waals surface area (Å²) in [4.78, 5) is 13.4. The van der Waals surface area contributed by atoms with E-state index in [1.807, 2.05) is 47.0 Å².